The first-order chi connectivity index (χ1) is 15.2. The number of carbonyl (C=O) groups excluding carboxylic acids is 2. The fraction of sp³-hybridized carbons (Fsp3) is 0.185. The van der Waals surface area contributed by atoms with Gasteiger partial charge in [0.1, 0.15) is 6.04 Å². The van der Waals surface area contributed by atoms with E-state index < -0.39 is 6.04 Å². The lowest BCUT2D eigenvalue weighted by atomic mass is 9.98. The Morgan fingerprint density at radius 2 is 1.52 bits per heavy atom. The minimum Gasteiger partial charge on any atom is -0.337 e. The van der Waals surface area contributed by atoms with E-state index >= 15 is 0 Å². The Morgan fingerprint density at radius 1 is 0.839 bits per heavy atom. The average Bonchev–Trinajstić information content (AvgIpc) is 3.17. The highest BCUT2D eigenvalue weighted by Gasteiger charge is 2.39. The molecule has 31 heavy (non-hydrogen) atoms. The molecule has 4 heteroatoms. The molecule has 2 aliphatic heterocycles. The lowest BCUT2D eigenvalue weighted by molar-refractivity contribution is -0.136. The second-order valence-corrected chi connectivity index (χ2v) is 8.03. The average molecular weight is 409 g/mol. The largest absolute Gasteiger partial charge is 0.337 e. The summed E-state index contributed by atoms with van der Waals surface area (Å²) in [6, 6.07) is 27.0. The number of fused-ring (bicyclic) bond motifs is 1. The monoisotopic (exact) mass is 408 g/mol. The molecule has 0 spiro atoms. The zero-order valence-electron chi connectivity index (χ0n) is 17.3. The van der Waals surface area contributed by atoms with Gasteiger partial charge < -0.3 is 9.80 Å². The number of benzene rings is 3. The molecule has 2 aliphatic rings. The van der Waals surface area contributed by atoms with Crippen molar-refractivity contribution in [3.05, 3.63) is 113 Å². The molecule has 3 aromatic carbocycles. The van der Waals surface area contributed by atoms with Gasteiger partial charge >= 0.3 is 0 Å². The molecule has 4 nitrogen and oxygen atoms in total. The van der Waals surface area contributed by atoms with Crippen LogP contribution in [0.4, 0.5) is 0 Å². The highest BCUT2D eigenvalue weighted by Crippen LogP contribution is 2.33. The highest BCUT2D eigenvalue weighted by atomic mass is 16.2. The first-order valence-corrected chi connectivity index (χ1v) is 10.7. The Bertz CT molecular complexity index is 1140. The van der Waals surface area contributed by atoms with Gasteiger partial charge in [0, 0.05) is 25.2 Å². The maximum Gasteiger partial charge on any atom is 0.255 e. The third kappa shape index (κ3) is 3.66. The zero-order valence-corrected chi connectivity index (χ0v) is 17.3. The summed E-state index contributed by atoms with van der Waals surface area (Å²) in [7, 11) is 0. The molecule has 2 amide bonds. The van der Waals surface area contributed by atoms with Crippen molar-refractivity contribution >= 4 is 17.4 Å². The normalized spacial score (nSPS) is 16.6. The summed E-state index contributed by atoms with van der Waals surface area (Å²) < 4.78 is 0. The van der Waals surface area contributed by atoms with Crippen LogP contribution in [-0.2, 0) is 11.3 Å². The molecular formula is C27H24N2O2. The fourth-order valence-corrected chi connectivity index (χ4v) is 4.53. The van der Waals surface area contributed by atoms with Crippen molar-refractivity contribution in [2.45, 2.75) is 19.0 Å². The quantitative estimate of drug-likeness (QED) is 0.628. The van der Waals surface area contributed by atoms with E-state index in [-0.39, 0.29) is 11.8 Å². The molecule has 0 aromatic heterocycles. The van der Waals surface area contributed by atoms with Crippen LogP contribution >= 0.6 is 0 Å². The maximum absolute atomic E-state index is 13.7. The number of rotatable bonds is 4. The topological polar surface area (TPSA) is 40.6 Å². The summed E-state index contributed by atoms with van der Waals surface area (Å²) >= 11 is 0. The Labute approximate surface area is 182 Å². The molecule has 0 fully saturated rings. The molecule has 0 saturated carbocycles. The van der Waals surface area contributed by atoms with Crippen LogP contribution in [-0.4, -0.2) is 34.7 Å². The first kappa shape index (κ1) is 19.3. The molecule has 0 N–H and O–H groups in total. The van der Waals surface area contributed by atoms with Crippen molar-refractivity contribution in [3.8, 4) is 0 Å². The molecule has 0 saturated heterocycles. The second kappa shape index (κ2) is 8.23. The van der Waals surface area contributed by atoms with Crippen LogP contribution < -0.4 is 0 Å². The van der Waals surface area contributed by atoms with Gasteiger partial charge in [-0.3, -0.25) is 9.59 Å². The third-order valence-corrected chi connectivity index (χ3v) is 6.18. The van der Waals surface area contributed by atoms with Crippen LogP contribution in [0.15, 0.2) is 91.0 Å². The minimum absolute atomic E-state index is 0.0179. The summed E-state index contributed by atoms with van der Waals surface area (Å²) in [5.74, 6) is -0.0916. The summed E-state index contributed by atoms with van der Waals surface area (Å²) in [5.41, 5.74) is 5.00. The van der Waals surface area contributed by atoms with Crippen molar-refractivity contribution in [2.24, 2.45) is 0 Å². The van der Waals surface area contributed by atoms with Crippen molar-refractivity contribution < 1.29 is 9.59 Å². The molecule has 3 aromatic rings. The van der Waals surface area contributed by atoms with Gasteiger partial charge in [-0.05, 0) is 34.8 Å². The molecule has 0 aliphatic carbocycles. The van der Waals surface area contributed by atoms with Gasteiger partial charge in [-0.15, -0.1) is 0 Å². The standard InChI is InChI=1S/C27H24N2O2/c30-26-24-14-8-7-13-23(24)19-29(26)25(22-11-5-2-6-12-22)27(31)28-17-15-21(16-18-28)20-9-3-1-4-10-20/h1-15,25H,16-19H2/t25-/m1/s1. The summed E-state index contributed by atoms with van der Waals surface area (Å²) in [6.45, 7) is 1.67. The molecule has 154 valence electrons. The van der Waals surface area contributed by atoms with E-state index in [2.05, 4.69) is 18.2 Å². The van der Waals surface area contributed by atoms with Gasteiger partial charge in [-0.2, -0.15) is 0 Å². The van der Waals surface area contributed by atoms with E-state index in [1.807, 2.05) is 77.7 Å². The van der Waals surface area contributed by atoms with Crippen LogP contribution in [0.1, 0.15) is 39.5 Å². The Hall–Kier alpha value is -3.66. The van der Waals surface area contributed by atoms with Crippen molar-refractivity contribution in [3.63, 3.8) is 0 Å². The number of carbonyl (C=O) groups is 2. The van der Waals surface area contributed by atoms with E-state index in [1.54, 1.807) is 4.90 Å². The summed E-state index contributed by atoms with van der Waals surface area (Å²) in [5, 5.41) is 0. The van der Waals surface area contributed by atoms with Crippen molar-refractivity contribution in [2.75, 3.05) is 13.1 Å². The van der Waals surface area contributed by atoms with Crippen molar-refractivity contribution in [1.29, 1.82) is 0 Å². The van der Waals surface area contributed by atoms with E-state index in [4.69, 9.17) is 0 Å². The van der Waals surface area contributed by atoms with E-state index in [0.29, 0.717) is 25.2 Å². The van der Waals surface area contributed by atoms with Gasteiger partial charge in [0.15, 0.2) is 0 Å². The SMILES string of the molecule is O=C([C@@H](c1ccccc1)N1Cc2ccccc2C1=O)N1CC=C(c2ccccc2)CC1. The number of amides is 2. The zero-order chi connectivity index (χ0) is 21.2. The molecule has 0 unspecified atom stereocenters. The van der Waals surface area contributed by atoms with E-state index in [1.165, 1.54) is 11.1 Å². The fourth-order valence-electron chi connectivity index (χ4n) is 4.53. The van der Waals surface area contributed by atoms with Gasteiger partial charge in [-0.25, -0.2) is 0 Å². The molecular weight excluding hydrogens is 384 g/mol. The van der Waals surface area contributed by atoms with Gasteiger partial charge in [-0.1, -0.05) is 84.9 Å². The van der Waals surface area contributed by atoms with Crippen LogP contribution in [0.3, 0.4) is 0 Å². The minimum atomic E-state index is -0.618. The predicted octanol–water partition coefficient (Wildman–Crippen LogP) is 4.70. The molecule has 0 radical (unpaired) electrons. The maximum atomic E-state index is 13.7. The van der Waals surface area contributed by atoms with Crippen LogP contribution in [0.25, 0.3) is 5.57 Å². The lowest BCUT2D eigenvalue weighted by Gasteiger charge is -2.34. The number of hydrogen-bond acceptors (Lipinski definition) is 2. The van der Waals surface area contributed by atoms with Crippen molar-refractivity contribution in [1.82, 2.24) is 9.80 Å². The van der Waals surface area contributed by atoms with Crippen LogP contribution in [0.5, 0.6) is 0 Å². The predicted molar refractivity (Wildman–Crippen MR) is 121 cm³/mol. The van der Waals surface area contributed by atoms with E-state index in [9.17, 15) is 9.59 Å². The summed E-state index contributed by atoms with van der Waals surface area (Å²) in [4.78, 5) is 30.5. The van der Waals surface area contributed by atoms with Gasteiger partial charge in [0.05, 0.1) is 0 Å². The van der Waals surface area contributed by atoms with Gasteiger partial charge in [0.25, 0.3) is 5.91 Å². The molecule has 5 rings (SSSR count). The Kier molecular flexibility index (Phi) is 5.13. The lowest BCUT2D eigenvalue weighted by Crippen LogP contribution is -2.44. The second-order valence-electron chi connectivity index (χ2n) is 8.03. The smallest absolute Gasteiger partial charge is 0.255 e. The molecule has 1 atom stereocenters. The van der Waals surface area contributed by atoms with Gasteiger partial charge in [0.2, 0.25) is 5.91 Å². The number of hydrogen-bond donors (Lipinski definition) is 0. The first-order valence-electron chi connectivity index (χ1n) is 10.7. The Morgan fingerprint density at radius 3 is 2.19 bits per heavy atom. The third-order valence-electron chi connectivity index (χ3n) is 6.18. The highest BCUT2D eigenvalue weighted by molar-refractivity contribution is 6.01. The van der Waals surface area contributed by atoms with Crippen LogP contribution in [0.2, 0.25) is 0 Å². The van der Waals surface area contributed by atoms with E-state index in [0.717, 1.165) is 17.5 Å². The Balaban J connectivity index is 1.43. The summed E-state index contributed by atoms with van der Waals surface area (Å²) in [6.07, 6.45) is 2.95. The van der Waals surface area contributed by atoms with Crippen LogP contribution in [0, 0.1) is 0 Å². The molecule has 0 bridgehead atoms. The molecule has 2 heterocycles. The number of nitrogens with zero attached hydrogens (tertiary/aromatic N) is 2.